The average molecular weight is 534 g/mol. The maximum atomic E-state index is 14.9. The highest BCUT2D eigenvalue weighted by Crippen LogP contribution is 2.37. The Hall–Kier alpha value is -1.49. The maximum Gasteiger partial charge on any atom is 0.407 e. The molecule has 1 N–H and O–H groups in total. The van der Waals surface area contributed by atoms with Gasteiger partial charge in [0.1, 0.15) is 11.6 Å². The molecule has 1 atom stereocenters. The van der Waals surface area contributed by atoms with Crippen molar-refractivity contribution in [3.63, 3.8) is 0 Å². The number of hydrogen-bond donors (Lipinski definition) is 1. The number of piperazine rings is 1. The molecule has 0 saturated carbocycles. The number of nitrogens with zero attached hydrogens (tertiary/aromatic N) is 4. The topological polar surface area (TPSA) is 78.8 Å². The van der Waals surface area contributed by atoms with Gasteiger partial charge in [-0.1, -0.05) is 36.7 Å². The Morgan fingerprint density at radius 3 is 2.65 bits per heavy atom. The van der Waals surface area contributed by atoms with Crippen molar-refractivity contribution in [3.8, 4) is 0 Å². The van der Waals surface area contributed by atoms with Crippen molar-refractivity contribution in [2.45, 2.75) is 44.9 Å². The Balaban J connectivity index is 2.02. The van der Waals surface area contributed by atoms with Crippen molar-refractivity contribution < 1.29 is 18.7 Å². The van der Waals surface area contributed by atoms with Gasteiger partial charge in [0.25, 0.3) is 0 Å². The zero-order valence-corrected chi connectivity index (χ0v) is 21.6. The van der Waals surface area contributed by atoms with E-state index in [0.29, 0.717) is 29.0 Å². The molecule has 3 rings (SSSR count). The van der Waals surface area contributed by atoms with Crippen molar-refractivity contribution in [1.82, 2.24) is 14.9 Å². The molecular formula is C20H27BrClFN4O3Si. The fraction of sp³-hybridized carbons (Fsp3) is 0.550. The highest BCUT2D eigenvalue weighted by molar-refractivity contribution is 9.10. The predicted octanol–water partition coefficient (Wildman–Crippen LogP) is 5.38. The Morgan fingerprint density at radius 1 is 1.35 bits per heavy atom. The van der Waals surface area contributed by atoms with Crippen LogP contribution in [0.25, 0.3) is 10.9 Å². The first kappa shape index (κ1) is 24.2. The smallest absolute Gasteiger partial charge is 0.407 e. The summed E-state index contributed by atoms with van der Waals surface area (Å²) in [6.07, 6.45) is -0.988. The molecule has 1 unspecified atom stereocenters. The molecule has 2 aromatic rings. The minimum absolute atomic E-state index is 0.00227. The van der Waals surface area contributed by atoms with E-state index in [1.54, 1.807) is 6.07 Å². The molecule has 0 bridgehead atoms. The van der Waals surface area contributed by atoms with E-state index >= 15 is 0 Å². The number of amides is 1. The Kier molecular flexibility index (Phi) is 6.86. The van der Waals surface area contributed by atoms with Gasteiger partial charge in [0, 0.05) is 24.1 Å². The largest absolute Gasteiger partial charge is 0.465 e. The third kappa shape index (κ3) is 5.13. The summed E-state index contributed by atoms with van der Waals surface area (Å²) < 4.78 is 21.9. The van der Waals surface area contributed by atoms with Crippen LogP contribution in [0.15, 0.2) is 16.6 Å². The first-order valence-corrected chi connectivity index (χ1v) is 14.1. The first-order valence-electron chi connectivity index (χ1n) is 10.0. The van der Waals surface area contributed by atoms with Gasteiger partial charge in [-0.15, -0.1) is 0 Å². The Morgan fingerprint density at radius 2 is 2.03 bits per heavy atom. The van der Waals surface area contributed by atoms with Gasteiger partial charge >= 0.3 is 6.09 Å². The van der Waals surface area contributed by atoms with Gasteiger partial charge in [0.05, 0.1) is 23.6 Å². The van der Waals surface area contributed by atoms with Crippen LogP contribution in [-0.2, 0) is 4.43 Å². The highest BCUT2D eigenvalue weighted by Gasteiger charge is 2.40. The second-order valence-electron chi connectivity index (χ2n) is 9.25. The summed E-state index contributed by atoms with van der Waals surface area (Å²) >= 11 is 9.45. The van der Waals surface area contributed by atoms with E-state index in [0.717, 1.165) is 0 Å². The maximum absolute atomic E-state index is 14.9. The van der Waals surface area contributed by atoms with E-state index in [-0.39, 0.29) is 34.8 Å². The van der Waals surface area contributed by atoms with E-state index in [9.17, 15) is 14.3 Å². The summed E-state index contributed by atoms with van der Waals surface area (Å²) in [7, 11) is -2.08. The Labute approximate surface area is 195 Å². The van der Waals surface area contributed by atoms with Crippen LogP contribution in [-0.4, -0.2) is 66.7 Å². The molecule has 31 heavy (non-hydrogen) atoms. The SMILES string of the molecule is CC(C)(C)[Si](C)(C)OCC1CN(C(=O)O)CCN1c1nc(Cl)nc2cc(Br)cc(F)c12. The van der Waals surface area contributed by atoms with Gasteiger partial charge in [0.2, 0.25) is 5.28 Å². The van der Waals surface area contributed by atoms with Crippen molar-refractivity contribution in [1.29, 1.82) is 0 Å². The summed E-state index contributed by atoms with van der Waals surface area (Å²) in [6.45, 7) is 11.9. The van der Waals surface area contributed by atoms with Crippen molar-refractivity contribution in [2.24, 2.45) is 0 Å². The second kappa shape index (κ2) is 8.80. The summed E-state index contributed by atoms with van der Waals surface area (Å²) in [5, 5.41) is 9.79. The van der Waals surface area contributed by atoms with E-state index in [1.807, 2.05) is 4.90 Å². The predicted molar refractivity (Wildman–Crippen MR) is 126 cm³/mol. The van der Waals surface area contributed by atoms with E-state index in [1.165, 1.54) is 11.0 Å². The molecule has 2 heterocycles. The summed E-state index contributed by atoms with van der Waals surface area (Å²) in [5.74, 6) is -0.116. The molecule has 1 aromatic carbocycles. The monoisotopic (exact) mass is 532 g/mol. The van der Waals surface area contributed by atoms with Crippen molar-refractivity contribution in [2.75, 3.05) is 31.1 Å². The number of rotatable bonds is 4. The minimum atomic E-state index is -2.08. The minimum Gasteiger partial charge on any atom is -0.465 e. The number of carboxylic acid groups (broad SMARTS) is 1. The zero-order valence-electron chi connectivity index (χ0n) is 18.2. The molecule has 7 nitrogen and oxygen atoms in total. The van der Waals surface area contributed by atoms with Gasteiger partial charge in [0.15, 0.2) is 8.32 Å². The normalized spacial score (nSPS) is 18.0. The van der Waals surface area contributed by atoms with Crippen LogP contribution >= 0.6 is 27.5 Å². The number of aromatic nitrogens is 2. The average Bonchev–Trinajstić information content (AvgIpc) is 2.64. The number of fused-ring (bicyclic) bond motifs is 1. The summed E-state index contributed by atoms with van der Waals surface area (Å²) in [5.41, 5.74) is 0.381. The van der Waals surface area contributed by atoms with Crippen LogP contribution in [0.4, 0.5) is 15.0 Å². The number of anilines is 1. The van der Waals surface area contributed by atoms with Gasteiger partial charge in [-0.2, -0.15) is 4.98 Å². The van der Waals surface area contributed by atoms with Gasteiger partial charge in [-0.25, -0.2) is 14.2 Å². The van der Waals surface area contributed by atoms with Gasteiger partial charge < -0.3 is 19.3 Å². The van der Waals surface area contributed by atoms with Crippen LogP contribution in [0.1, 0.15) is 20.8 Å². The molecule has 0 spiro atoms. The molecule has 0 aliphatic carbocycles. The number of halogens is 3. The van der Waals surface area contributed by atoms with E-state index < -0.39 is 20.2 Å². The molecule has 1 saturated heterocycles. The lowest BCUT2D eigenvalue weighted by Crippen LogP contribution is -2.58. The molecule has 170 valence electrons. The lowest BCUT2D eigenvalue weighted by atomic mass is 10.1. The fourth-order valence-corrected chi connectivity index (χ4v) is 4.95. The molecule has 1 amide bonds. The van der Waals surface area contributed by atoms with E-state index in [2.05, 4.69) is 59.8 Å². The molecule has 0 radical (unpaired) electrons. The quantitative estimate of drug-likeness (QED) is 0.420. The molecule has 1 aliphatic rings. The van der Waals surface area contributed by atoms with Gasteiger partial charge in [-0.3, -0.25) is 0 Å². The highest BCUT2D eigenvalue weighted by atomic mass is 79.9. The van der Waals surface area contributed by atoms with Crippen LogP contribution in [0.3, 0.4) is 0 Å². The molecule has 1 fully saturated rings. The number of hydrogen-bond acceptors (Lipinski definition) is 5. The lowest BCUT2D eigenvalue weighted by molar-refractivity contribution is 0.125. The third-order valence-corrected chi connectivity index (χ3v) is 11.3. The van der Waals surface area contributed by atoms with Crippen molar-refractivity contribution >= 4 is 58.7 Å². The van der Waals surface area contributed by atoms with Gasteiger partial charge in [-0.05, 0) is 41.9 Å². The van der Waals surface area contributed by atoms with Crippen LogP contribution in [0.2, 0.25) is 23.4 Å². The third-order valence-electron chi connectivity index (χ3n) is 6.14. The number of carbonyl (C=O) groups is 1. The van der Waals surface area contributed by atoms with E-state index in [4.69, 9.17) is 16.0 Å². The Bertz CT molecular complexity index is 999. The molecule has 1 aliphatic heterocycles. The first-order chi connectivity index (χ1) is 14.3. The lowest BCUT2D eigenvalue weighted by Gasteiger charge is -2.44. The molecule has 1 aromatic heterocycles. The van der Waals surface area contributed by atoms with Crippen molar-refractivity contribution in [3.05, 3.63) is 27.7 Å². The fourth-order valence-electron chi connectivity index (χ4n) is 3.32. The second-order valence-corrected chi connectivity index (χ2v) is 15.3. The summed E-state index contributed by atoms with van der Waals surface area (Å²) in [6, 6.07) is 2.71. The van der Waals surface area contributed by atoms with Crippen LogP contribution < -0.4 is 4.90 Å². The summed E-state index contributed by atoms with van der Waals surface area (Å²) in [4.78, 5) is 23.4. The number of benzene rings is 1. The standard InChI is InChI=1S/C20H27BrClFN4O3Si/c1-20(2,3)31(4,5)30-11-13-10-26(19(28)29)6-7-27(13)17-16-14(23)8-12(21)9-15(16)24-18(22)25-17/h8-9,13H,6-7,10-11H2,1-5H3,(H,28,29). The van der Waals surface area contributed by atoms with Crippen LogP contribution in [0.5, 0.6) is 0 Å². The molecule has 11 heteroatoms. The zero-order chi connectivity index (χ0) is 23.1. The molecular weight excluding hydrogens is 507 g/mol. The van der Waals surface area contributed by atoms with Crippen LogP contribution in [0, 0.1) is 5.82 Å².